The number of nitrogens with zero attached hydrogens (tertiary/aromatic N) is 2. The minimum absolute atomic E-state index is 0.0259. The zero-order valence-corrected chi connectivity index (χ0v) is 18.1. The molecular weight excluding hydrogens is 395 g/mol. The fourth-order valence-corrected chi connectivity index (χ4v) is 4.66. The molecule has 6 heteroatoms. The van der Waals surface area contributed by atoms with Crippen LogP contribution in [-0.4, -0.2) is 60.7 Å². The highest BCUT2D eigenvalue weighted by Crippen LogP contribution is 2.36. The van der Waals surface area contributed by atoms with E-state index >= 15 is 0 Å². The Morgan fingerprint density at radius 2 is 1.87 bits per heavy atom. The van der Waals surface area contributed by atoms with Gasteiger partial charge in [-0.05, 0) is 62.6 Å². The summed E-state index contributed by atoms with van der Waals surface area (Å²) < 4.78 is 24.8. The lowest BCUT2D eigenvalue weighted by Gasteiger charge is -2.48. The number of piperidine rings is 1. The topological polar surface area (TPSA) is 42.0 Å². The van der Waals surface area contributed by atoms with Crippen LogP contribution in [0.3, 0.4) is 0 Å². The molecule has 0 N–H and O–H groups in total. The molecule has 1 amide bonds. The average molecular weight is 427 g/mol. The van der Waals surface area contributed by atoms with E-state index in [1.54, 1.807) is 0 Å². The van der Waals surface area contributed by atoms with Crippen molar-refractivity contribution in [2.75, 3.05) is 33.4 Å². The van der Waals surface area contributed by atoms with Gasteiger partial charge >= 0.3 is 0 Å². The van der Waals surface area contributed by atoms with E-state index in [9.17, 15) is 9.18 Å². The molecule has 2 aromatic rings. The summed E-state index contributed by atoms with van der Waals surface area (Å²) >= 11 is 0. The number of rotatable bonds is 6. The molecule has 1 atom stereocenters. The lowest BCUT2D eigenvalue weighted by molar-refractivity contribution is -0.150. The highest BCUT2D eigenvalue weighted by molar-refractivity contribution is 5.77. The van der Waals surface area contributed by atoms with Gasteiger partial charge in [-0.2, -0.15) is 0 Å². The minimum Gasteiger partial charge on any atom is -0.484 e. The fourth-order valence-electron chi connectivity index (χ4n) is 4.66. The van der Waals surface area contributed by atoms with Crippen LogP contribution in [0.15, 0.2) is 54.6 Å². The quantitative estimate of drug-likeness (QED) is 0.703. The van der Waals surface area contributed by atoms with Crippen LogP contribution < -0.4 is 4.74 Å². The number of likely N-dealkylation sites (tertiary alicyclic amines) is 1. The first-order valence-electron chi connectivity index (χ1n) is 11.1. The summed E-state index contributed by atoms with van der Waals surface area (Å²) in [5.41, 5.74) is 1.19. The van der Waals surface area contributed by atoms with Crippen LogP contribution in [0.1, 0.15) is 31.2 Å². The third kappa shape index (κ3) is 5.63. The van der Waals surface area contributed by atoms with Crippen LogP contribution in [0.25, 0.3) is 0 Å². The van der Waals surface area contributed by atoms with E-state index in [4.69, 9.17) is 9.47 Å². The van der Waals surface area contributed by atoms with Crippen molar-refractivity contribution >= 4 is 5.91 Å². The molecule has 2 aliphatic heterocycles. The van der Waals surface area contributed by atoms with E-state index in [-0.39, 0.29) is 23.9 Å². The maximum atomic E-state index is 13.0. The van der Waals surface area contributed by atoms with Crippen molar-refractivity contribution < 1.29 is 18.7 Å². The molecule has 4 rings (SSSR count). The molecule has 0 bridgehead atoms. The minimum atomic E-state index is -0.319. The van der Waals surface area contributed by atoms with Gasteiger partial charge < -0.3 is 14.4 Å². The fraction of sp³-hybridized carbons (Fsp3) is 0.480. The molecule has 2 heterocycles. The van der Waals surface area contributed by atoms with E-state index in [0.29, 0.717) is 24.9 Å². The molecule has 1 spiro atoms. The van der Waals surface area contributed by atoms with Gasteiger partial charge in [0.05, 0.1) is 5.60 Å². The predicted octanol–water partition coefficient (Wildman–Crippen LogP) is 3.88. The van der Waals surface area contributed by atoms with E-state index in [1.807, 2.05) is 11.0 Å². The third-order valence-electron chi connectivity index (χ3n) is 6.57. The monoisotopic (exact) mass is 426 g/mol. The Morgan fingerprint density at radius 3 is 2.58 bits per heavy atom. The van der Waals surface area contributed by atoms with E-state index in [1.165, 1.54) is 29.8 Å². The van der Waals surface area contributed by atoms with Crippen LogP contribution >= 0.6 is 0 Å². The maximum absolute atomic E-state index is 13.0. The number of benzene rings is 2. The number of hydrogen-bond acceptors (Lipinski definition) is 4. The lowest BCUT2D eigenvalue weighted by atomic mass is 9.82. The van der Waals surface area contributed by atoms with Gasteiger partial charge in [-0.15, -0.1) is 0 Å². The molecule has 2 saturated heterocycles. The number of hydrogen-bond donors (Lipinski definition) is 0. The molecular formula is C25H31FN2O3. The second-order valence-electron chi connectivity index (χ2n) is 8.70. The Bertz CT molecular complexity index is 851. The first kappa shape index (κ1) is 21.8. The Hall–Kier alpha value is -2.44. The van der Waals surface area contributed by atoms with Crippen molar-refractivity contribution in [2.45, 2.75) is 43.9 Å². The van der Waals surface area contributed by atoms with Crippen LogP contribution in [0.5, 0.6) is 5.75 Å². The third-order valence-corrected chi connectivity index (χ3v) is 6.57. The molecule has 2 aromatic carbocycles. The van der Waals surface area contributed by atoms with Gasteiger partial charge in [0, 0.05) is 32.3 Å². The number of halogens is 1. The molecule has 0 aliphatic carbocycles. The molecule has 0 radical (unpaired) electrons. The largest absolute Gasteiger partial charge is 0.484 e. The smallest absolute Gasteiger partial charge is 0.260 e. The second kappa shape index (κ2) is 9.79. The standard InChI is InChI=1S/C25H31FN2O3/c1-27(18-20-5-3-2-4-6-20)22-11-16-31-25(17-22)12-14-28(15-13-25)24(29)19-30-23-9-7-21(26)8-10-23/h2-10,22H,11-19H2,1H3. The van der Waals surface area contributed by atoms with Crippen molar-refractivity contribution in [1.29, 1.82) is 0 Å². The number of amides is 1. The predicted molar refractivity (Wildman–Crippen MR) is 117 cm³/mol. The van der Waals surface area contributed by atoms with Gasteiger partial charge in [0.15, 0.2) is 6.61 Å². The van der Waals surface area contributed by atoms with Crippen LogP contribution in [-0.2, 0) is 16.1 Å². The van der Waals surface area contributed by atoms with Crippen LogP contribution in [0.4, 0.5) is 4.39 Å². The van der Waals surface area contributed by atoms with Gasteiger partial charge in [-0.3, -0.25) is 9.69 Å². The van der Waals surface area contributed by atoms with E-state index in [0.717, 1.165) is 38.8 Å². The van der Waals surface area contributed by atoms with Crippen molar-refractivity contribution in [3.05, 3.63) is 66.0 Å². The Morgan fingerprint density at radius 1 is 1.16 bits per heavy atom. The van der Waals surface area contributed by atoms with Gasteiger partial charge in [0.1, 0.15) is 11.6 Å². The molecule has 166 valence electrons. The van der Waals surface area contributed by atoms with Crippen LogP contribution in [0.2, 0.25) is 0 Å². The summed E-state index contributed by atoms with van der Waals surface area (Å²) in [7, 11) is 2.20. The second-order valence-corrected chi connectivity index (χ2v) is 8.70. The highest BCUT2D eigenvalue weighted by Gasteiger charge is 2.42. The summed E-state index contributed by atoms with van der Waals surface area (Å²) in [4.78, 5) is 16.9. The van der Waals surface area contributed by atoms with Gasteiger partial charge in [-0.1, -0.05) is 30.3 Å². The van der Waals surface area contributed by atoms with Crippen molar-refractivity contribution in [1.82, 2.24) is 9.80 Å². The van der Waals surface area contributed by atoms with Crippen molar-refractivity contribution in [3.8, 4) is 5.75 Å². The molecule has 0 aromatic heterocycles. The molecule has 2 aliphatic rings. The van der Waals surface area contributed by atoms with Gasteiger partial charge in [0.2, 0.25) is 0 Å². The molecule has 31 heavy (non-hydrogen) atoms. The first-order chi connectivity index (χ1) is 15.0. The average Bonchev–Trinajstić information content (AvgIpc) is 2.80. The number of carbonyl (C=O) groups excluding carboxylic acids is 1. The summed E-state index contributed by atoms with van der Waals surface area (Å²) in [6, 6.07) is 16.8. The van der Waals surface area contributed by atoms with Crippen molar-refractivity contribution in [3.63, 3.8) is 0 Å². The summed E-state index contributed by atoms with van der Waals surface area (Å²) in [5.74, 6) is 0.149. The normalized spacial score (nSPS) is 20.7. The maximum Gasteiger partial charge on any atom is 0.260 e. The molecule has 5 nitrogen and oxygen atoms in total. The van der Waals surface area contributed by atoms with Gasteiger partial charge in [-0.25, -0.2) is 4.39 Å². The summed E-state index contributed by atoms with van der Waals surface area (Å²) in [6.45, 7) is 3.04. The molecule has 1 unspecified atom stereocenters. The SMILES string of the molecule is CN(Cc1ccccc1)C1CCOC2(CCN(C(=O)COc3ccc(F)cc3)CC2)C1. The van der Waals surface area contributed by atoms with Gasteiger partial charge in [0.25, 0.3) is 5.91 Å². The van der Waals surface area contributed by atoms with Crippen LogP contribution in [0, 0.1) is 5.82 Å². The zero-order chi connectivity index (χ0) is 21.7. The highest BCUT2D eigenvalue weighted by atomic mass is 19.1. The Kier molecular flexibility index (Phi) is 6.88. The summed E-state index contributed by atoms with van der Waals surface area (Å²) in [6.07, 6.45) is 3.75. The zero-order valence-electron chi connectivity index (χ0n) is 18.1. The Balaban J connectivity index is 1.26. The first-order valence-corrected chi connectivity index (χ1v) is 11.1. The van der Waals surface area contributed by atoms with Crippen molar-refractivity contribution in [2.24, 2.45) is 0 Å². The number of carbonyl (C=O) groups is 1. The molecule has 0 saturated carbocycles. The summed E-state index contributed by atoms with van der Waals surface area (Å²) in [5, 5.41) is 0. The Labute approximate surface area is 183 Å². The van der Waals surface area contributed by atoms with E-state index in [2.05, 4.69) is 36.2 Å². The number of ether oxygens (including phenoxy) is 2. The van der Waals surface area contributed by atoms with E-state index < -0.39 is 0 Å². The lowest BCUT2D eigenvalue weighted by Crippen LogP contribution is -2.54. The molecule has 2 fully saturated rings.